The van der Waals surface area contributed by atoms with E-state index in [4.69, 9.17) is 4.74 Å². The fraction of sp³-hybridized carbons (Fsp3) is 0.533. The number of hydrogen-bond acceptors (Lipinski definition) is 1. The number of alkyl halides is 2. The largest absolute Gasteiger partial charge is 0.433 e. The van der Waals surface area contributed by atoms with Gasteiger partial charge >= 0.3 is 6.11 Å². The molecule has 0 aliphatic heterocycles. The monoisotopic (exact) mass is 488 g/mol. The molecule has 2 aromatic rings. The zero-order chi connectivity index (χ0) is 25.0. The Morgan fingerprint density at radius 3 is 1.97 bits per heavy atom. The third-order valence-electron chi connectivity index (χ3n) is 8.04. The minimum atomic E-state index is -3.53. The van der Waals surface area contributed by atoms with E-state index in [1.807, 2.05) is 18.2 Å². The number of halogens is 4. The molecule has 0 bridgehead atoms. The van der Waals surface area contributed by atoms with Crippen LogP contribution in [0.4, 0.5) is 17.6 Å². The molecule has 190 valence electrons. The summed E-state index contributed by atoms with van der Waals surface area (Å²) in [5, 5.41) is 0. The molecule has 0 spiro atoms. The van der Waals surface area contributed by atoms with Gasteiger partial charge in [-0.2, -0.15) is 8.78 Å². The summed E-state index contributed by atoms with van der Waals surface area (Å²) < 4.78 is 63.3. The molecule has 35 heavy (non-hydrogen) atoms. The van der Waals surface area contributed by atoms with Crippen molar-refractivity contribution >= 4 is 0 Å². The molecule has 0 aromatic heterocycles. The predicted octanol–water partition coefficient (Wildman–Crippen LogP) is 9.32. The fourth-order valence-electron chi connectivity index (χ4n) is 5.68. The van der Waals surface area contributed by atoms with Crippen molar-refractivity contribution in [3.8, 4) is 5.75 Å². The van der Waals surface area contributed by atoms with Crippen molar-refractivity contribution in [2.24, 2.45) is 11.8 Å². The SMILES string of the molecule is C=CC1CCC(c2ccc(OC(F)(F)CCc3c(F)cc(C4CCC(C)CC4)cc3F)cc2)CC1. The molecule has 0 unspecified atom stereocenters. The van der Waals surface area contributed by atoms with Gasteiger partial charge in [0.2, 0.25) is 0 Å². The molecule has 5 heteroatoms. The van der Waals surface area contributed by atoms with Crippen molar-refractivity contribution in [2.75, 3.05) is 0 Å². The Kier molecular flexibility index (Phi) is 8.23. The summed E-state index contributed by atoms with van der Waals surface area (Å²) in [6.45, 7) is 6.05. The zero-order valence-electron chi connectivity index (χ0n) is 20.5. The van der Waals surface area contributed by atoms with Crippen molar-refractivity contribution in [1.82, 2.24) is 0 Å². The smallest absolute Gasteiger partial charge is 0.398 e. The van der Waals surface area contributed by atoms with Crippen LogP contribution >= 0.6 is 0 Å². The van der Waals surface area contributed by atoms with E-state index in [-0.39, 0.29) is 17.2 Å². The molecule has 0 N–H and O–H groups in total. The molecule has 0 amide bonds. The fourth-order valence-corrected chi connectivity index (χ4v) is 5.68. The Bertz CT molecular complexity index is 961. The second kappa shape index (κ2) is 11.2. The predicted molar refractivity (Wildman–Crippen MR) is 132 cm³/mol. The Labute approximate surface area is 206 Å². The van der Waals surface area contributed by atoms with Gasteiger partial charge in [-0.15, -0.1) is 6.58 Å². The highest BCUT2D eigenvalue weighted by Gasteiger charge is 2.33. The molecule has 2 aliphatic carbocycles. The van der Waals surface area contributed by atoms with E-state index >= 15 is 0 Å². The van der Waals surface area contributed by atoms with Crippen LogP contribution in [-0.4, -0.2) is 6.11 Å². The molecule has 2 fully saturated rings. The lowest BCUT2D eigenvalue weighted by atomic mass is 9.79. The minimum absolute atomic E-state index is 0.0568. The summed E-state index contributed by atoms with van der Waals surface area (Å²) in [5.74, 6) is 0.322. The van der Waals surface area contributed by atoms with Crippen LogP contribution < -0.4 is 4.74 Å². The Morgan fingerprint density at radius 1 is 0.857 bits per heavy atom. The Hall–Kier alpha value is -2.30. The van der Waals surface area contributed by atoms with Crippen molar-refractivity contribution in [3.05, 3.63) is 77.4 Å². The Balaban J connectivity index is 1.33. The average molecular weight is 489 g/mol. The van der Waals surface area contributed by atoms with Crippen LogP contribution in [0, 0.1) is 23.5 Å². The van der Waals surface area contributed by atoms with Crippen LogP contribution in [0.15, 0.2) is 49.1 Å². The summed E-state index contributed by atoms with van der Waals surface area (Å²) in [6.07, 6.45) is 5.45. The van der Waals surface area contributed by atoms with Crippen molar-refractivity contribution in [1.29, 1.82) is 0 Å². The second-order valence-electron chi connectivity index (χ2n) is 10.6. The number of ether oxygens (including phenoxy) is 1. The molecule has 1 nitrogen and oxygen atoms in total. The van der Waals surface area contributed by atoms with Crippen LogP contribution in [0.3, 0.4) is 0 Å². The molecule has 2 aliphatic rings. The average Bonchev–Trinajstić information content (AvgIpc) is 2.84. The lowest BCUT2D eigenvalue weighted by Gasteiger charge is -2.27. The van der Waals surface area contributed by atoms with Crippen molar-refractivity contribution in [2.45, 2.75) is 89.1 Å². The van der Waals surface area contributed by atoms with Crippen LogP contribution in [0.25, 0.3) is 0 Å². The van der Waals surface area contributed by atoms with E-state index in [1.54, 1.807) is 12.1 Å². The number of hydrogen-bond donors (Lipinski definition) is 0. The molecule has 2 saturated carbocycles. The summed E-state index contributed by atoms with van der Waals surface area (Å²) in [5.41, 5.74) is 1.46. The molecule has 0 heterocycles. The topological polar surface area (TPSA) is 9.23 Å². The molecule has 2 aromatic carbocycles. The van der Waals surface area contributed by atoms with Gasteiger partial charge in [0, 0.05) is 5.56 Å². The summed E-state index contributed by atoms with van der Waals surface area (Å²) >= 11 is 0. The normalized spacial score (nSPS) is 25.3. The Morgan fingerprint density at radius 2 is 1.40 bits per heavy atom. The third-order valence-corrected chi connectivity index (χ3v) is 8.04. The first kappa shape index (κ1) is 25.8. The maximum atomic E-state index is 14.7. The van der Waals surface area contributed by atoms with Crippen molar-refractivity contribution in [3.63, 3.8) is 0 Å². The van der Waals surface area contributed by atoms with Crippen LogP contribution in [0.2, 0.25) is 0 Å². The number of rotatable bonds is 8. The van der Waals surface area contributed by atoms with Gasteiger partial charge in [0.25, 0.3) is 0 Å². The van der Waals surface area contributed by atoms with Crippen LogP contribution in [0.1, 0.15) is 93.2 Å². The van der Waals surface area contributed by atoms with E-state index < -0.39 is 30.6 Å². The zero-order valence-corrected chi connectivity index (χ0v) is 20.5. The van der Waals surface area contributed by atoms with E-state index in [0.29, 0.717) is 23.3 Å². The standard InChI is InChI=1S/C30H36F4O/c1-3-21-6-10-22(11-7-21)23-12-14-26(15-13-23)35-30(33,34)17-16-27-28(31)18-25(19-29(27)32)24-8-4-20(2)5-9-24/h3,12-15,18-22,24H,1,4-11,16-17H2,2H3. The summed E-state index contributed by atoms with van der Waals surface area (Å²) in [6, 6.07) is 9.47. The van der Waals surface area contributed by atoms with Gasteiger partial charge < -0.3 is 4.74 Å². The van der Waals surface area contributed by atoms with Gasteiger partial charge in [-0.1, -0.05) is 38.0 Å². The molecule has 0 radical (unpaired) electrons. The third kappa shape index (κ3) is 6.68. The lowest BCUT2D eigenvalue weighted by Crippen LogP contribution is -2.26. The molecular formula is C30H36F4O. The molecule has 0 atom stereocenters. The first-order valence-electron chi connectivity index (χ1n) is 13.0. The number of allylic oxidation sites excluding steroid dienone is 1. The molecule has 4 rings (SSSR count). The second-order valence-corrected chi connectivity index (χ2v) is 10.6. The van der Waals surface area contributed by atoms with Crippen molar-refractivity contribution < 1.29 is 22.3 Å². The van der Waals surface area contributed by atoms with Gasteiger partial charge in [-0.05, 0) is 104 Å². The van der Waals surface area contributed by atoms with Crippen LogP contribution in [-0.2, 0) is 6.42 Å². The molecule has 0 saturated heterocycles. The molecular weight excluding hydrogens is 452 g/mol. The van der Waals surface area contributed by atoms with E-state index in [2.05, 4.69) is 13.5 Å². The van der Waals surface area contributed by atoms with Gasteiger partial charge in [0.1, 0.15) is 17.4 Å². The van der Waals surface area contributed by atoms with E-state index in [1.165, 1.54) is 12.1 Å². The maximum absolute atomic E-state index is 14.7. The quantitative estimate of drug-likeness (QED) is 0.266. The summed E-state index contributed by atoms with van der Waals surface area (Å²) in [7, 11) is 0. The lowest BCUT2D eigenvalue weighted by molar-refractivity contribution is -0.180. The highest BCUT2D eigenvalue weighted by atomic mass is 19.3. The van der Waals surface area contributed by atoms with Gasteiger partial charge in [-0.3, -0.25) is 0 Å². The van der Waals surface area contributed by atoms with E-state index in [0.717, 1.165) is 56.9 Å². The first-order chi connectivity index (χ1) is 16.7. The number of benzene rings is 2. The maximum Gasteiger partial charge on any atom is 0.398 e. The van der Waals surface area contributed by atoms with Gasteiger partial charge in [0.05, 0.1) is 6.42 Å². The first-order valence-corrected chi connectivity index (χ1v) is 13.0. The van der Waals surface area contributed by atoms with Crippen LogP contribution in [0.5, 0.6) is 5.75 Å². The van der Waals surface area contributed by atoms with Gasteiger partial charge in [-0.25, -0.2) is 8.78 Å². The summed E-state index contributed by atoms with van der Waals surface area (Å²) in [4.78, 5) is 0. The highest BCUT2D eigenvalue weighted by molar-refractivity contribution is 5.31. The minimum Gasteiger partial charge on any atom is -0.433 e. The van der Waals surface area contributed by atoms with E-state index in [9.17, 15) is 17.6 Å². The highest BCUT2D eigenvalue weighted by Crippen LogP contribution is 2.38. The van der Waals surface area contributed by atoms with Gasteiger partial charge in [0.15, 0.2) is 0 Å².